The van der Waals surface area contributed by atoms with Crippen LogP contribution in [0.3, 0.4) is 0 Å². The normalized spacial score (nSPS) is 11.9. The highest BCUT2D eigenvalue weighted by atomic mass is 35.5. The van der Waals surface area contributed by atoms with Gasteiger partial charge in [0.2, 0.25) is 0 Å². The number of amides is 2. The van der Waals surface area contributed by atoms with Crippen molar-refractivity contribution in [3.05, 3.63) is 183 Å². The van der Waals surface area contributed by atoms with E-state index >= 15 is 0 Å². The molecule has 0 unspecified atom stereocenters. The number of azo groups is 2. The third-order valence-electron chi connectivity index (χ3n) is 10.3. The number of hydrogen-bond donors (Lipinski definition) is 4. The van der Waals surface area contributed by atoms with Crippen LogP contribution in [0.2, 0.25) is 5.02 Å². The van der Waals surface area contributed by atoms with Gasteiger partial charge in [-0.05, 0) is 76.5 Å². The average molecular weight is 838 g/mol. The lowest BCUT2D eigenvalue weighted by Gasteiger charge is -2.12. The van der Waals surface area contributed by atoms with Crippen molar-refractivity contribution in [3.63, 3.8) is 0 Å². The zero-order valence-electron chi connectivity index (χ0n) is 31.9. The maximum Gasteiger partial charge on any atom is 0.292 e. The molecule has 0 atom stereocenters. The average Bonchev–Trinajstić information content (AvgIpc) is 3.55. The van der Waals surface area contributed by atoms with Gasteiger partial charge in [-0.25, -0.2) is 0 Å². The highest BCUT2D eigenvalue weighted by Crippen LogP contribution is 2.44. The second-order valence-electron chi connectivity index (χ2n) is 14.0. The van der Waals surface area contributed by atoms with Gasteiger partial charge in [0.15, 0.2) is 17.3 Å². The summed E-state index contributed by atoms with van der Waals surface area (Å²) in [6, 6.07) is 39.3. The topological polar surface area (TPSA) is 208 Å². The van der Waals surface area contributed by atoms with Gasteiger partial charge in [-0.1, -0.05) is 96.5 Å². The van der Waals surface area contributed by atoms with E-state index in [0.29, 0.717) is 60.2 Å². The molecule has 0 fully saturated rings. The van der Waals surface area contributed by atoms with Gasteiger partial charge in [0.05, 0.1) is 38.1 Å². The number of nitrogens with one attached hydrogen (secondary N) is 2. The molecule has 0 saturated heterocycles. The summed E-state index contributed by atoms with van der Waals surface area (Å²) in [5, 5.41) is 59.5. The molecule has 4 N–H and O–H groups in total. The highest BCUT2D eigenvalue weighted by Gasteiger charge is 2.28. The van der Waals surface area contributed by atoms with Crippen LogP contribution in [-0.2, 0) is 0 Å². The van der Waals surface area contributed by atoms with E-state index in [4.69, 9.17) is 11.6 Å². The Morgan fingerprint density at radius 1 is 0.548 bits per heavy atom. The highest BCUT2D eigenvalue weighted by molar-refractivity contribution is 6.34. The first-order valence-corrected chi connectivity index (χ1v) is 19.2. The molecule has 0 spiro atoms. The molecule has 0 radical (unpaired) electrons. The Hall–Kier alpha value is -8.62. The van der Waals surface area contributed by atoms with Gasteiger partial charge < -0.3 is 20.8 Å². The van der Waals surface area contributed by atoms with Crippen molar-refractivity contribution in [2.75, 3.05) is 10.6 Å². The third kappa shape index (κ3) is 7.12. The Morgan fingerprint density at radius 2 is 1.00 bits per heavy atom. The fraction of sp³-hybridized carbons (Fsp3) is 0. The summed E-state index contributed by atoms with van der Waals surface area (Å²) < 4.78 is 0. The number of ketones is 1. The van der Waals surface area contributed by atoms with E-state index in [1.54, 1.807) is 115 Å². The summed E-state index contributed by atoms with van der Waals surface area (Å²) in [6.07, 6.45) is 0. The van der Waals surface area contributed by atoms with E-state index in [1.807, 2.05) is 0 Å². The van der Waals surface area contributed by atoms with Crippen molar-refractivity contribution in [3.8, 4) is 22.6 Å². The van der Waals surface area contributed by atoms with Crippen LogP contribution in [0.25, 0.3) is 32.7 Å². The molecule has 0 aliphatic heterocycles. The van der Waals surface area contributed by atoms with Gasteiger partial charge >= 0.3 is 0 Å². The predicted molar refractivity (Wildman–Crippen MR) is 235 cm³/mol. The molecular weight excluding hydrogens is 810 g/mol. The van der Waals surface area contributed by atoms with Crippen molar-refractivity contribution < 1.29 is 29.5 Å². The smallest absolute Gasteiger partial charge is 0.292 e. The molecule has 14 nitrogen and oxygen atoms in total. The molecule has 62 heavy (non-hydrogen) atoms. The predicted octanol–water partition coefficient (Wildman–Crippen LogP) is 12.5. The Bertz CT molecular complexity index is 3300. The molecule has 300 valence electrons. The molecule has 9 rings (SSSR count). The molecular formula is C47H28ClN7O7. The number of nitro groups is 1. The van der Waals surface area contributed by atoms with Crippen molar-refractivity contribution in [1.29, 1.82) is 0 Å². The molecule has 8 aromatic carbocycles. The molecule has 15 heteroatoms. The zero-order chi connectivity index (χ0) is 43.1. The second kappa shape index (κ2) is 15.9. The van der Waals surface area contributed by atoms with E-state index in [9.17, 15) is 34.7 Å². The number of nitrogens with zero attached hydrogens (tertiary/aromatic N) is 5. The quantitative estimate of drug-likeness (QED) is 0.0627. The molecule has 0 saturated carbocycles. The van der Waals surface area contributed by atoms with E-state index in [0.717, 1.165) is 0 Å². The monoisotopic (exact) mass is 837 g/mol. The first kappa shape index (κ1) is 38.9. The van der Waals surface area contributed by atoms with Gasteiger partial charge in [0.25, 0.3) is 17.5 Å². The summed E-state index contributed by atoms with van der Waals surface area (Å²) in [7, 11) is 0. The van der Waals surface area contributed by atoms with Gasteiger partial charge in [0.1, 0.15) is 17.1 Å². The molecule has 8 aromatic rings. The van der Waals surface area contributed by atoms with Crippen LogP contribution in [0.5, 0.6) is 11.5 Å². The molecule has 1 aliphatic carbocycles. The number of carbonyl (C=O) groups excluding carboxylic acids is 3. The number of aromatic hydroxyl groups is 2. The van der Waals surface area contributed by atoms with Crippen molar-refractivity contribution in [1.82, 2.24) is 0 Å². The van der Waals surface area contributed by atoms with Crippen LogP contribution in [0.4, 0.5) is 39.8 Å². The van der Waals surface area contributed by atoms with Crippen LogP contribution in [-0.4, -0.2) is 32.7 Å². The van der Waals surface area contributed by atoms with Gasteiger partial charge in [-0.3, -0.25) is 24.5 Å². The third-order valence-corrected chi connectivity index (χ3v) is 10.6. The Kier molecular flexibility index (Phi) is 9.94. The molecule has 2 amide bonds. The Balaban J connectivity index is 0.994. The van der Waals surface area contributed by atoms with Crippen LogP contribution in [0.1, 0.15) is 36.6 Å². The van der Waals surface area contributed by atoms with Crippen molar-refractivity contribution >= 4 is 90.6 Å². The van der Waals surface area contributed by atoms with Crippen LogP contribution >= 0.6 is 11.6 Å². The SMILES string of the molecule is O=C1c2cc(N=Nc3c(O)c(C(=O)Nc4ccccc4Cl)cc4ccccc34)ccc2-c2ccc(N=Nc3c(O)c(C(=O)Nc4ccccc4[N+](=O)[O-])cc4ccccc34)cc21. The number of halogens is 1. The zero-order valence-corrected chi connectivity index (χ0v) is 32.7. The minimum absolute atomic E-state index is 0.0218. The number of fused-ring (bicyclic) bond motifs is 5. The van der Waals surface area contributed by atoms with Gasteiger partial charge in [0, 0.05) is 28.0 Å². The summed E-state index contributed by atoms with van der Waals surface area (Å²) in [5.41, 5.74) is 2.42. The Morgan fingerprint density at radius 3 is 1.52 bits per heavy atom. The van der Waals surface area contributed by atoms with Gasteiger partial charge in [-0.15, -0.1) is 10.2 Å². The first-order chi connectivity index (χ1) is 30.0. The van der Waals surface area contributed by atoms with Crippen LogP contribution < -0.4 is 10.6 Å². The summed E-state index contributed by atoms with van der Waals surface area (Å²) in [5.74, 6) is -2.59. The van der Waals surface area contributed by atoms with Crippen LogP contribution in [0.15, 0.2) is 166 Å². The largest absolute Gasteiger partial charge is 0.505 e. The lowest BCUT2D eigenvalue weighted by molar-refractivity contribution is -0.383. The van der Waals surface area contributed by atoms with Crippen molar-refractivity contribution in [2.45, 2.75) is 0 Å². The lowest BCUT2D eigenvalue weighted by atomic mass is 10.0. The molecule has 1 aliphatic rings. The number of benzene rings is 8. The molecule has 0 aromatic heterocycles. The number of phenolic OH excluding ortho intramolecular Hbond substituents is 2. The molecule has 0 heterocycles. The Labute approximate surface area is 355 Å². The van der Waals surface area contributed by atoms with Crippen LogP contribution in [0, 0.1) is 10.1 Å². The fourth-order valence-electron chi connectivity index (χ4n) is 7.26. The second-order valence-corrected chi connectivity index (χ2v) is 14.4. The first-order valence-electron chi connectivity index (χ1n) is 18.8. The van der Waals surface area contributed by atoms with E-state index in [1.165, 1.54) is 30.3 Å². The molecule has 0 bridgehead atoms. The number of nitro benzene ring substituents is 1. The minimum atomic E-state index is -0.797. The number of para-hydroxylation sites is 3. The number of carbonyl (C=O) groups is 3. The minimum Gasteiger partial charge on any atom is -0.505 e. The lowest BCUT2D eigenvalue weighted by Crippen LogP contribution is -2.13. The summed E-state index contributed by atoms with van der Waals surface area (Å²) in [6.45, 7) is 0. The maximum absolute atomic E-state index is 13.9. The summed E-state index contributed by atoms with van der Waals surface area (Å²) in [4.78, 5) is 51.6. The number of hydrogen-bond acceptors (Lipinski definition) is 11. The number of anilines is 2. The van der Waals surface area contributed by atoms with E-state index < -0.39 is 28.2 Å². The number of phenols is 2. The number of rotatable bonds is 9. The fourth-order valence-corrected chi connectivity index (χ4v) is 7.44. The van der Waals surface area contributed by atoms with Gasteiger partial charge in [-0.2, -0.15) is 10.2 Å². The maximum atomic E-state index is 13.9. The standard InChI is InChI=1S/C47H28ClN7O7/c48-37-13-5-6-14-38(37)49-46(59)35-21-25-9-1-3-11-29(25)41(44(35)57)53-51-27-17-19-31-32-20-18-28(24-34(32)43(56)33(31)23-27)52-54-42-30-12-4-2-10-26(30)22-36(45(42)58)47(60)50-39-15-7-8-16-40(39)55(61)62/h1-24,57-58H,(H,49,59)(H,50,60). The van der Waals surface area contributed by atoms with Crippen molar-refractivity contribution in [2.24, 2.45) is 20.5 Å². The van der Waals surface area contributed by atoms with E-state index in [-0.39, 0.29) is 45.3 Å². The van der Waals surface area contributed by atoms with E-state index in [2.05, 4.69) is 31.1 Å². The summed E-state index contributed by atoms with van der Waals surface area (Å²) >= 11 is 6.25.